The van der Waals surface area contributed by atoms with Crippen LogP contribution in [0.4, 0.5) is 5.95 Å². The number of aromatic nitrogens is 2. The Morgan fingerprint density at radius 1 is 1.47 bits per heavy atom. The topological polar surface area (TPSA) is 66.3 Å². The van der Waals surface area contributed by atoms with Gasteiger partial charge in [-0.25, -0.2) is 14.8 Å². The van der Waals surface area contributed by atoms with Crippen LogP contribution in [0.2, 0.25) is 0 Å². The summed E-state index contributed by atoms with van der Waals surface area (Å²) >= 11 is 0. The zero-order valence-electron chi connectivity index (χ0n) is 10.7. The van der Waals surface area contributed by atoms with Crippen LogP contribution in [0.3, 0.4) is 0 Å². The van der Waals surface area contributed by atoms with E-state index in [-0.39, 0.29) is 5.56 Å². The van der Waals surface area contributed by atoms with Crippen molar-refractivity contribution in [3.8, 4) is 0 Å². The molecule has 1 aromatic heterocycles. The molecule has 0 amide bonds. The second-order valence-electron chi connectivity index (χ2n) is 4.90. The van der Waals surface area contributed by atoms with Crippen molar-refractivity contribution >= 4 is 22.8 Å². The lowest BCUT2D eigenvalue weighted by molar-refractivity contribution is 0.0699. The van der Waals surface area contributed by atoms with Gasteiger partial charge in [-0.2, -0.15) is 0 Å². The number of carboxylic acids is 1. The van der Waals surface area contributed by atoms with Gasteiger partial charge >= 0.3 is 5.97 Å². The molecule has 1 saturated heterocycles. The zero-order valence-corrected chi connectivity index (χ0v) is 10.7. The highest BCUT2D eigenvalue weighted by molar-refractivity contribution is 6.01. The van der Waals surface area contributed by atoms with Crippen LogP contribution < -0.4 is 4.90 Å². The van der Waals surface area contributed by atoms with Gasteiger partial charge in [0.15, 0.2) is 0 Å². The molecule has 2 heterocycles. The minimum atomic E-state index is -0.953. The SMILES string of the molecule is CCC1CN(c2ncc3cccc(C(=O)O)c3n2)C1. The molecular formula is C14H15N3O2. The van der Waals surface area contributed by atoms with E-state index in [1.807, 2.05) is 6.07 Å². The quantitative estimate of drug-likeness (QED) is 0.912. The molecule has 1 aromatic carbocycles. The zero-order chi connectivity index (χ0) is 13.4. The number of hydrogen-bond donors (Lipinski definition) is 1. The molecule has 98 valence electrons. The molecule has 0 radical (unpaired) electrons. The maximum Gasteiger partial charge on any atom is 0.337 e. The highest BCUT2D eigenvalue weighted by atomic mass is 16.4. The summed E-state index contributed by atoms with van der Waals surface area (Å²) in [6.45, 7) is 4.08. The smallest absolute Gasteiger partial charge is 0.337 e. The van der Waals surface area contributed by atoms with E-state index in [9.17, 15) is 9.90 Å². The van der Waals surface area contributed by atoms with Crippen molar-refractivity contribution in [2.45, 2.75) is 13.3 Å². The number of aromatic carboxylic acids is 1. The molecule has 0 bridgehead atoms. The average molecular weight is 257 g/mol. The molecule has 0 unspecified atom stereocenters. The van der Waals surface area contributed by atoms with Crippen molar-refractivity contribution in [1.82, 2.24) is 9.97 Å². The predicted molar refractivity (Wildman–Crippen MR) is 72.5 cm³/mol. The van der Waals surface area contributed by atoms with Gasteiger partial charge in [0.2, 0.25) is 5.95 Å². The van der Waals surface area contributed by atoms with Crippen molar-refractivity contribution in [3.05, 3.63) is 30.0 Å². The lowest BCUT2D eigenvalue weighted by atomic mass is 9.98. The summed E-state index contributed by atoms with van der Waals surface area (Å²) in [6.07, 6.45) is 2.85. The molecule has 1 fully saturated rings. The number of nitrogens with zero attached hydrogens (tertiary/aromatic N) is 3. The van der Waals surface area contributed by atoms with E-state index in [0.29, 0.717) is 17.4 Å². The van der Waals surface area contributed by atoms with Crippen LogP contribution in [0.1, 0.15) is 23.7 Å². The molecule has 5 nitrogen and oxygen atoms in total. The minimum absolute atomic E-state index is 0.230. The molecule has 0 atom stereocenters. The molecule has 1 aliphatic heterocycles. The van der Waals surface area contributed by atoms with Gasteiger partial charge in [0.1, 0.15) is 0 Å². The van der Waals surface area contributed by atoms with Gasteiger partial charge in [0.25, 0.3) is 0 Å². The summed E-state index contributed by atoms with van der Waals surface area (Å²) in [5.41, 5.74) is 0.744. The Morgan fingerprint density at radius 3 is 2.95 bits per heavy atom. The summed E-state index contributed by atoms with van der Waals surface area (Å²) < 4.78 is 0. The fraction of sp³-hybridized carbons (Fsp3) is 0.357. The second-order valence-corrected chi connectivity index (χ2v) is 4.90. The van der Waals surface area contributed by atoms with E-state index in [1.54, 1.807) is 18.3 Å². The first kappa shape index (κ1) is 11.9. The largest absolute Gasteiger partial charge is 0.478 e. The third kappa shape index (κ3) is 2.01. The molecule has 5 heteroatoms. The van der Waals surface area contributed by atoms with Gasteiger partial charge in [0, 0.05) is 24.7 Å². The van der Waals surface area contributed by atoms with E-state index in [0.717, 1.165) is 24.9 Å². The van der Waals surface area contributed by atoms with Gasteiger partial charge in [0.05, 0.1) is 11.1 Å². The van der Waals surface area contributed by atoms with Crippen molar-refractivity contribution in [1.29, 1.82) is 0 Å². The number of rotatable bonds is 3. The van der Waals surface area contributed by atoms with Gasteiger partial charge < -0.3 is 10.0 Å². The molecule has 3 rings (SSSR count). The van der Waals surface area contributed by atoms with Crippen LogP contribution in [0.5, 0.6) is 0 Å². The van der Waals surface area contributed by atoms with Crippen LogP contribution in [0, 0.1) is 5.92 Å². The van der Waals surface area contributed by atoms with Crippen LogP contribution in [-0.4, -0.2) is 34.1 Å². The van der Waals surface area contributed by atoms with Gasteiger partial charge in [-0.05, 0) is 18.4 Å². The third-order valence-electron chi connectivity index (χ3n) is 3.65. The minimum Gasteiger partial charge on any atom is -0.478 e. The Labute approximate surface area is 110 Å². The molecule has 0 saturated carbocycles. The van der Waals surface area contributed by atoms with Crippen LogP contribution in [-0.2, 0) is 0 Å². The first-order valence-electron chi connectivity index (χ1n) is 6.43. The van der Waals surface area contributed by atoms with E-state index < -0.39 is 5.97 Å². The number of fused-ring (bicyclic) bond motifs is 1. The summed E-state index contributed by atoms with van der Waals surface area (Å²) in [7, 11) is 0. The molecular weight excluding hydrogens is 242 g/mol. The highest BCUT2D eigenvalue weighted by Crippen LogP contribution is 2.25. The molecule has 0 aliphatic carbocycles. The van der Waals surface area contributed by atoms with E-state index >= 15 is 0 Å². The van der Waals surface area contributed by atoms with Crippen molar-refractivity contribution in [2.75, 3.05) is 18.0 Å². The first-order chi connectivity index (χ1) is 9.19. The number of anilines is 1. The number of benzene rings is 1. The van der Waals surface area contributed by atoms with Gasteiger partial charge in [-0.3, -0.25) is 0 Å². The lowest BCUT2D eigenvalue weighted by Gasteiger charge is -2.38. The van der Waals surface area contributed by atoms with Crippen molar-refractivity contribution in [2.24, 2.45) is 5.92 Å². The fourth-order valence-corrected chi connectivity index (χ4v) is 2.36. The maximum atomic E-state index is 11.2. The summed E-state index contributed by atoms with van der Waals surface area (Å²) in [5, 5.41) is 9.95. The lowest BCUT2D eigenvalue weighted by Crippen LogP contribution is -2.47. The second kappa shape index (κ2) is 4.50. The summed E-state index contributed by atoms with van der Waals surface area (Å²) in [5.74, 6) is 0.380. The Hall–Kier alpha value is -2.17. The standard InChI is InChI=1S/C14H15N3O2/c1-2-9-7-17(8-9)14-15-6-10-4-3-5-11(13(18)19)12(10)16-14/h3-6,9H,2,7-8H2,1H3,(H,18,19). The Balaban J connectivity index is 2.00. The maximum absolute atomic E-state index is 11.2. The molecule has 1 aliphatic rings. The van der Waals surface area contributed by atoms with Crippen molar-refractivity contribution in [3.63, 3.8) is 0 Å². The highest BCUT2D eigenvalue weighted by Gasteiger charge is 2.27. The van der Waals surface area contributed by atoms with E-state index in [4.69, 9.17) is 0 Å². The molecule has 19 heavy (non-hydrogen) atoms. The van der Waals surface area contributed by atoms with Crippen LogP contribution in [0.25, 0.3) is 10.9 Å². The normalized spacial score (nSPS) is 15.5. The Bertz CT molecular complexity index is 636. The van der Waals surface area contributed by atoms with Gasteiger partial charge in [-0.1, -0.05) is 19.1 Å². The summed E-state index contributed by atoms with van der Waals surface area (Å²) in [6, 6.07) is 5.12. The first-order valence-corrected chi connectivity index (χ1v) is 6.43. The Morgan fingerprint density at radius 2 is 2.26 bits per heavy atom. The monoisotopic (exact) mass is 257 g/mol. The molecule has 0 spiro atoms. The number of hydrogen-bond acceptors (Lipinski definition) is 4. The predicted octanol–water partition coefficient (Wildman–Crippen LogP) is 2.17. The average Bonchev–Trinajstić information content (AvgIpc) is 2.36. The van der Waals surface area contributed by atoms with E-state index in [2.05, 4.69) is 21.8 Å². The van der Waals surface area contributed by atoms with Crippen LogP contribution in [0.15, 0.2) is 24.4 Å². The number of carbonyl (C=O) groups is 1. The van der Waals surface area contributed by atoms with E-state index in [1.165, 1.54) is 0 Å². The fourth-order valence-electron chi connectivity index (χ4n) is 2.36. The number of carboxylic acid groups (broad SMARTS) is 1. The number of para-hydroxylation sites is 1. The van der Waals surface area contributed by atoms with Crippen molar-refractivity contribution < 1.29 is 9.90 Å². The third-order valence-corrected chi connectivity index (χ3v) is 3.65. The molecule has 2 aromatic rings. The summed E-state index contributed by atoms with van der Waals surface area (Å²) in [4.78, 5) is 22.0. The van der Waals surface area contributed by atoms with Crippen LogP contribution >= 0.6 is 0 Å². The Kier molecular flexibility index (Phi) is 2.81. The molecule has 1 N–H and O–H groups in total. The van der Waals surface area contributed by atoms with Gasteiger partial charge in [-0.15, -0.1) is 0 Å².